The maximum atomic E-state index is 13.2. The van der Waals surface area contributed by atoms with E-state index in [9.17, 15) is 13.6 Å². The van der Waals surface area contributed by atoms with E-state index >= 15 is 0 Å². The van der Waals surface area contributed by atoms with E-state index in [4.69, 9.17) is 5.73 Å². The predicted octanol–water partition coefficient (Wildman–Crippen LogP) is 1.57. The van der Waals surface area contributed by atoms with Crippen molar-refractivity contribution in [2.45, 2.75) is 0 Å². The Morgan fingerprint density at radius 1 is 1.32 bits per heavy atom. The van der Waals surface area contributed by atoms with Gasteiger partial charge in [-0.05, 0) is 6.07 Å². The summed E-state index contributed by atoms with van der Waals surface area (Å²) in [5.41, 5.74) is 5.45. The van der Waals surface area contributed by atoms with Crippen molar-refractivity contribution in [2.24, 2.45) is 0 Å². The average molecular weight is 262 g/mol. The van der Waals surface area contributed by atoms with Gasteiger partial charge < -0.3 is 10.7 Å². The van der Waals surface area contributed by atoms with Gasteiger partial charge in [0.05, 0.1) is 17.6 Å². The van der Waals surface area contributed by atoms with Gasteiger partial charge in [-0.3, -0.25) is 9.36 Å². The number of nitrogen functional groups attached to an aromatic ring is 1. The van der Waals surface area contributed by atoms with E-state index in [1.807, 2.05) is 0 Å². The van der Waals surface area contributed by atoms with Crippen LogP contribution in [-0.2, 0) is 0 Å². The molecule has 3 aromatic heterocycles. The first-order valence-corrected chi connectivity index (χ1v) is 5.37. The molecule has 0 aliphatic heterocycles. The summed E-state index contributed by atoms with van der Waals surface area (Å²) in [7, 11) is 0. The number of hydrogen-bond donors (Lipinski definition) is 2. The molecule has 3 N–H and O–H groups in total. The van der Waals surface area contributed by atoms with Gasteiger partial charge in [-0.25, -0.2) is 13.8 Å². The summed E-state index contributed by atoms with van der Waals surface area (Å²) in [5, 5.41) is 0.410. The van der Waals surface area contributed by atoms with Gasteiger partial charge in [-0.15, -0.1) is 0 Å². The smallest absolute Gasteiger partial charge is 0.258 e. The number of halogens is 2. The number of H-pyrrole nitrogens is 1. The van der Waals surface area contributed by atoms with Crippen LogP contribution in [0.15, 0.2) is 35.5 Å². The Kier molecular flexibility index (Phi) is 2.34. The number of nitrogens with two attached hydrogens (primary N) is 1. The number of anilines is 1. The van der Waals surface area contributed by atoms with Crippen LogP contribution < -0.4 is 11.3 Å². The zero-order valence-corrected chi connectivity index (χ0v) is 9.52. The second-order valence-electron chi connectivity index (χ2n) is 4.01. The second-order valence-corrected chi connectivity index (χ2v) is 4.01. The first-order valence-electron chi connectivity index (χ1n) is 5.37. The van der Waals surface area contributed by atoms with Crippen molar-refractivity contribution >= 4 is 16.7 Å². The number of nitrogens with one attached hydrogen (secondary N) is 1. The van der Waals surface area contributed by atoms with Crippen LogP contribution in [-0.4, -0.2) is 14.5 Å². The van der Waals surface area contributed by atoms with Gasteiger partial charge in [0.2, 0.25) is 0 Å². The number of fused-ring (bicyclic) bond motifs is 1. The van der Waals surface area contributed by atoms with E-state index in [1.165, 1.54) is 12.3 Å². The summed E-state index contributed by atoms with van der Waals surface area (Å²) in [6, 6.07) is 2.01. The van der Waals surface area contributed by atoms with E-state index in [0.717, 1.165) is 23.0 Å². The molecule has 3 rings (SSSR count). The van der Waals surface area contributed by atoms with Crippen molar-refractivity contribution in [2.75, 3.05) is 5.73 Å². The van der Waals surface area contributed by atoms with Crippen molar-refractivity contribution in [1.29, 1.82) is 0 Å². The zero-order chi connectivity index (χ0) is 13.6. The van der Waals surface area contributed by atoms with Crippen molar-refractivity contribution in [3.05, 3.63) is 52.7 Å². The molecule has 5 nitrogen and oxygen atoms in total. The SMILES string of the molecule is Nc1cn(-c2c[nH]c3ncc(F)cc23)c(=O)cc1F. The van der Waals surface area contributed by atoms with Crippen molar-refractivity contribution < 1.29 is 8.78 Å². The molecular weight excluding hydrogens is 254 g/mol. The molecule has 0 fully saturated rings. The summed E-state index contributed by atoms with van der Waals surface area (Å²) in [5.74, 6) is -1.32. The highest BCUT2D eigenvalue weighted by Gasteiger charge is 2.11. The molecule has 0 spiro atoms. The molecule has 0 amide bonds. The third kappa shape index (κ3) is 1.75. The first kappa shape index (κ1) is 11.4. The molecule has 3 heterocycles. The highest BCUT2D eigenvalue weighted by Crippen LogP contribution is 2.21. The number of pyridine rings is 2. The molecule has 0 aliphatic rings. The van der Waals surface area contributed by atoms with Gasteiger partial charge in [-0.2, -0.15) is 0 Å². The largest absolute Gasteiger partial charge is 0.395 e. The minimum Gasteiger partial charge on any atom is -0.395 e. The highest BCUT2D eigenvalue weighted by molar-refractivity contribution is 5.85. The standard InChI is InChI=1S/C12H8F2N4O/c13-6-1-7-10(4-17-12(7)16-3-6)18-5-9(15)8(14)2-11(18)19/h1-5H,15H2,(H,16,17). The van der Waals surface area contributed by atoms with Gasteiger partial charge in [0.15, 0.2) is 5.82 Å². The number of rotatable bonds is 1. The number of hydrogen-bond acceptors (Lipinski definition) is 3. The van der Waals surface area contributed by atoms with Crippen LogP contribution in [0, 0.1) is 11.6 Å². The van der Waals surface area contributed by atoms with Crippen LogP contribution in [0.4, 0.5) is 14.5 Å². The van der Waals surface area contributed by atoms with Gasteiger partial charge >= 0.3 is 0 Å². The Bertz CT molecular complexity index is 837. The summed E-state index contributed by atoms with van der Waals surface area (Å²) < 4.78 is 27.5. The van der Waals surface area contributed by atoms with Gasteiger partial charge in [0.25, 0.3) is 5.56 Å². The van der Waals surface area contributed by atoms with Crippen LogP contribution in [0.25, 0.3) is 16.7 Å². The van der Waals surface area contributed by atoms with Crippen LogP contribution in [0.2, 0.25) is 0 Å². The molecule has 0 aliphatic carbocycles. The topological polar surface area (TPSA) is 76.7 Å². The van der Waals surface area contributed by atoms with Crippen LogP contribution in [0.1, 0.15) is 0 Å². The van der Waals surface area contributed by atoms with E-state index in [2.05, 4.69) is 9.97 Å². The molecule has 0 aromatic carbocycles. The Labute approximate surface area is 105 Å². The van der Waals surface area contributed by atoms with Crippen molar-refractivity contribution in [3.63, 3.8) is 0 Å². The Morgan fingerprint density at radius 3 is 2.89 bits per heavy atom. The zero-order valence-electron chi connectivity index (χ0n) is 9.52. The molecule has 0 radical (unpaired) electrons. The molecule has 0 saturated heterocycles. The van der Waals surface area contributed by atoms with E-state index in [0.29, 0.717) is 16.7 Å². The Hall–Kier alpha value is -2.70. The fourth-order valence-corrected chi connectivity index (χ4v) is 1.88. The quantitative estimate of drug-likeness (QED) is 0.699. The summed E-state index contributed by atoms with van der Waals surface area (Å²) in [6.45, 7) is 0. The maximum Gasteiger partial charge on any atom is 0.258 e. The lowest BCUT2D eigenvalue weighted by Gasteiger charge is -2.05. The second kappa shape index (κ2) is 3.91. The van der Waals surface area contributed by atoms with Crippen LogP contribution in [0.5, 0.6) is 0 Å². The maximum absolute atomic E-state index is 13.2. The molecular formula is C12H8F2N4O. The number of nitrogens with zero attached hydrogens (tertiary/aromatic N) is 2. The molecule has 3 aromatic rings. The summed E-state index contributed by atoms with van der Waals surface area (Å²) >= 11 is 0. The molecule has 19 heavy (non-hydrogen) atoms. The van der Waals surface area contributed by atoms with Crippen LogP contribution in [0.3, 0.4) is 0 Å². The summed E-state index contributed by atoms with van der Waals surface area (Å²) in [4.78, 5) is 18.4. The fraction of sp³-hybridized carbons (Fsp3) is 0. The third-order valence-electron chi connectivity index (χ3n) is 2.77. The lowest BCUT2D eigenvalue weighted by molar-refractivity contribution is 0.623. The minimum absolute atomic E-state index is 0.168. The van der Waals surface area contributed by atoms with Gasteiger partial charge in [0, 0.05) is 23.8 Å². The van der Waals surface area contributed by atoms with Crippen molar-refractivity contribution in [1.82, 2.24) is 14.5 Å². The Balaban J connectivity index is 2.33. The van der Waals surface area contributed by atoms with Gasteiger partial charge in [0.1, 0.15) is 11.5 Å². The lowest BCUT2D eigenvalue weighted by atomic mass is 10.3. The van der Waals surface area contributed by atoms with Crippen molar-refractivity contribution in [3.8, 4) is 5.69 Å². The monoisotopic (exact) mass is 262 g/mol. The molecule has 96 valence electrons. The molecule has 0 unspecified atom stereocenters. The van der Waals surface area contributed by atoms with E-state index < -0.39 is 17.2 Å². The number of aromatic amines is 1. The Morgan fingerprint density at radius 2 is 2.11 bits per heavy atom. The third-order valence-corrected chi connectivity index (χ3v) is 2.77. The average Bonchev–Trinajstić information content (AvgIpc) is 2.76. The first-order chi connectivity index (χ1) is 9.06. The van der Waals surface area contributed by atoms with E-state index in [-0.39, 0.29) is 5.69 Å². The highest BCUT2D eigenvalue weighted by atomic mass is 19.1. The fourth-order valence-electron chi connectivity index (χ4n) is 1.88. The molecule has 0 saturated carbocycles. The van der Waals surface area contributed by atoms with Gasteiger partial charge in [-0.1, -0.05) is 0 Å². The molecule has 0 bridgehead atoms. The van der Waals surface area contributed by atoms with Crippen LogP contribution >= 0.6 is 0 Å². The summed E-state index contributed by atoms with van der Waals surface area (Å²) in [6.07, 6.45) is 3.70. The molecule has 7 heteroatoms. The van der Waals surface area contributed by atoms with E-state index in [1.54, 1.807) is 0 Å². The molecule has 0 atom stereocenters. The number of aromatic nitrogens is 3. The lowest BCUT2D eigenvalue weighted by Crippen LogP contribution is -2.18. The normalized spacial score (nSPS) is 11.1. The predicted molar refractivity (Wildman–Crippen MR) is 66.0 cm³/mol. The minimum atomic E-state index is -0.787.